The van der Waals surface area contributed by atoms with E-state index in [-0.39, 0.29) is 24.0 Å². The Hall–Kier alpha value is -2.78. The number of halogens is 1. The van der Waals surface area contributed by atoms with Crippen molar-refractivity contribution in [3.05, 3.63) is 74.4 Å². The van der Waals surface area contributed by atoms with Crippen LogP contribution in [0.2, 0.25) is 0 Å². The van der Waals surface area contributed by atoms with Gasteiger partial charge in [0.15, 0.2) is 0 Å². The normalized spacial score (nSPS) is 11.8. The van der Waals surface area contributed by atoms with Crippen molar-refractivity contribution in [2.24, 2.45) is 0 Å². The molecule has 1 atom stereocenters. The molecule has 0 aliphatic carbocycles. The lowest BCUT2D eigenvalue weighted by Gasteiger charge is -2.15. The first-order valence-electron chi connectivity index (χ1n) is 7.63. The maximum Gasteiger partial charge on any atom is 0.214 e. The summed E-state index contributed by atoms with van der Waals surface area (Å²) in [6, 6.07) is 13.2. The lowest BCUT2D eigenvalue weighted by molar-refractivity contribution is -0.481. The highest BCUT2D eigenvalue weighted by molar-refractivity contribution is 9.10. The number of benzene rings is 2. The molecule has 6 heteroatoms. The van der Waals surface area contributed by atoms with Crippen molar-refractivity contribution >= 4 is 26.8 Å². The first-order valence-corrected chi connectivity index (χ1v) is 8.43. The summed E-state index contributed by atoms with van der Waals surface area (Å²) in [5.74, 6) is 2.65. The van der Waals surface area contributed by atoms with Gasteiger partial charge < -0.3 is 9.72 Å². The molecule has 3 aromatic rings. The van der Waals surface area contributed by atoms with Crippen LogP contribution >= 0.6 is 15.9 Å². The average molecular weight is 399 g/mol. The molecule has 0 saturated heterocycles. The molecule has 1 aromatic heterocycles. The van der Waals surface area contributed by atoms with Crippen LogP contribution < -0.4 is 4.74 Å². The second kappa shape index (κ2) is 7.41. The smallest absolute Gasteiger partial charge is 0.214 e. The molecule has 3 rings (SSSR count). The van der Waals surface area contributed by atoms with Crippen LogP contribution in [0, 0.1) is 22.5 Å². The first-order chi connectivity index (χ1) is 12.1. The Kier molecular flexibility index (Phi) is 5.05. The molecule has 0 aliphatic rings. The number of nitrogens with one attached hydrogen (secondary N) is 1. The molecule has 0 amide bonds. The molecular weight excluding hydrogens is 384 g/mol. The SMILES string of the molecule is C#CCOc1ccc([C@@H](C[N+](=O)[O-])c2c[nH]c3ccccc23)cc1Br. The number of hydrogen-bond donors (Lipinski definition) is 1. The largest absolute Gasteiger partial charge is 0.480 e. The molecule has 126 valence electrons. The number of ether oxygens (including phenoxy) is 1. The molecule has 0 bridgehead atoms. The standard InChI is InChI=1S/C19H15BrN2O3/c1-2-9-25-19-8-7-13(10-17(19)20)16(12-22(23)24)15-11-21-18-6-4-3-5-14(15)18/h1,3-8,10-11,16,21H,9,12H2/t16-/m1/s1. The fourth-order valence-corrected chi connectivity index (χ4v) is 3.40. The van der Waals surface area contributed by atoms with Gasteiger partial charge >= 0.3 is 0 Å². The van der Waals surface area contributed by atoms with Crippen molar-refractivity contribution in [1.82, 2.24) is 4.98 Å². The summed E-state index contributed by atoms with van der Waals surface area (Å²) < 4.78 is 6.16. The summed E-state index contributed by atoms with van der Waals surface area (Å²) in [6.45, 7) is -0.0302. The Bertz CT molecular complexity index is 959. The van der Waals surface area contributed by atoms with Gasteiger partial charge in [-0.25, -0.2) is 0 Å². The summed E-state index contributed by atoms with van der Waals surface area (Å²) in [5.41, 5.74) is 2.69. The van der Waals surface area contributed by atoms with Gasteiger partial charge in [-0.05, 0) is 45.3 Å². The molecule has 1 N–H and O–H groups in total. The summed E-state index contributed by atoms with van der Waals surface area (Å²) in [5, 5.41) is 12.2. The number of H-pyrrole nitrogens is 1. The topological polar surface area (TPSA) is 68.2 Å². The third-order valence-electron chi connectivity index (χ3n) is 4.00. The van der Waals surface area contributed by atoms with Gasteiger partial charge in [0, 0.05) is 22.0 Å². The van der Waals surface area contributed by atoms with E-state index in [1.165, 1.54) is 0 Å². The summed E-state index contributed by atoms with van der Waals surface area (Å²) >= 11 is 3.45. The zero-order valence-corrected chi connectivity index (χ0v) is 14.8. The predicted molar refractivity (Wildman–Crippen MR) is 100 cm³/mol. The highest BCUT2D eigenvalue weighted by Gasteiger charge is 2.24. The van der Waals surface area contributed by atoms with Crippen LogP contribution in [-0.4, -0.2) is 23.1 Å². The zero-order valence-electron chi connectivity index (χ0n) is 13.2. The minimum atomic E-state index is -0.371. The van der Waals surface area contributed by atoms with E-state index in [1.807, 2.05) is 42.6 Å². The van der Waals surface area contributed by atoms with Gasteiger partial charge in [0.2, 0.25) is 6.54 Å². The molecule has 0 aliphatic heterocycles. The number of terminal acetylenes is 1. The molecule has 5 nitrogen and oxygen atoms in total. The number of rotatable bonds is 6. The van der Waals surface area contributed by atoms with E-state index in [4.69, 9.17) is 11.2 Å². The number of nitro groups is 1. The van der Waals surface area contributed by atoms with Crippen molar-refractivity contribution in [3.63, 3.8) is 0 Å². The average Bonchev–Trinajstić information content (AvgIpc) is 3.02. The number of nitrogens with zero attached hydrogens (tertiary/aromatic N) is 1. The van der Waals surface area contributed by atoms with Gasteiger partial charge in [0.1, 0.15) is 12.4 Å². The van der Waals surface area contributed by atoms with E-state index in [1.54, 1.807) is 6.07 Å². The maximum absolute atomic E-state index is 11.2. The molecule has 0 spiro atoms. The molecule has 0 fully saturated rings. The lowest BCUT2D eigenvalue weighted by atomic mass is 9.91. The Morgan fingerprint density at radius 3 is 2.84 bits per heavy atom. The van der Waals surface area contributed by atoms with E-state index in [2.05, 4.69) is 26.8 Å². The molecule has 25 heavy (non-hydrogen) atoms. The molecular formula is C19H15BrN2O3. The molecule has 1 heterocycles. The van der Waals surface area contributed by atoms with Crippen LogP contribution in [0.4, 0.5) is 0 Å². The zero-order chi connectivity index (χ0) is 17.8. The summed E-state index contributed by atoms with van der Waals surface area (Å²) in [7, 11) is 0. The number of aromatic amines is 1. The van der Waals surface area contributed by atoms with Gasteiger partial charge in [-0.1, -0.05) is 30.2 Å². The van der Waals surface area contributed by atoms with Crippen LogP contribution in [0.3, 0.4) is 0 Å². The Labute approximate surface area is 153 Å². The van der Waals surface area contributed by atoms with Crippen molar-refractivity contribution in [3.8, 4) is 18.1 Å². The fraction of sp³-hybridized carbons (Fsp3) is 0.158. The highest BCUT2D eigenvalue weighted by atomic mass is 79.9. The molecule has 0 unspecified atom stereocenters. The molecule has 0 radical (unpaired) electrons. The minimum absolute atomic E-state index is 0.165. The van der Waals surface area contributed by atoms with Crippen LogP contribution in [0.25, 0.3) is 10.9 Å². The number of hydrogen-bond acceptors (Lipinski definition) is 3. The van der Waals surface area contributed by atoms with Gasteiger partial charge in [-0.3, -0.25) is 10.1 Å². The van der Waals surface area contributed by atoms with Crippen LogP contribution in [-0.2, 0) is 0 Å². The monoisotopic (exact) mass is 398 g/mol. The second-order valence-corrected chi connectivity index (χ2v) is 6.39. The second-order valence-electron chi connectivity index (χ2n) is 5.54. The highest BCUT2D eigenvalue weighted by Crippen LogP contribution is 2.35. The van der Waals surface area contributed by atoms with Crippen molar-refractivity contribution < 1.29 is 9.66 Å². The lowest BCUT2D eigenvalue weighted by Crippen LogP contribution is -2.14. The Balaban J connectivity index is 2.03. The predicted octanol–water partition coefficient (Wildman–Crippen LogP) is 4.35. The molecule has 2 aromatic carbocycles. The van der Waals surface area contributed by atoms with E-state index in [9.17, 15) is 10.1 Å². The van der Waals surface area contributed by atoms with Crippen molar-refractivity contribution in [2.75, 3.05) is 13.2 Å². The van der Waals surface area contributed by atoms with E-state index in [0.29, 0.717) is 10.2 Å². The maximum atomic E-state index is 11.2. The third kappa shape index (κ3) is 3.67. The molecule has 0 saturated carbocycles. The van der Waals surface area contributed by atoms with Crippen LogP contribution in [0.5, 0.6) is 5.75 Å². The fourth-order valence-electron chi connectivity index (χ4n) is 2.88. The van der Waals surface area contributed by atoms with Gasteiger partial charge in [0.05, 0.1) is 10.4 Å². The van der Waals surface area contributed by atoms with Gasteiger partial charge in [-0.15, -0.1) is 6.42 Å². The number of para-hydroxylation sites is 1. The van der Waals surface area contributed by atoms with Gasteiger partial charge in [0.25, 0.3) is 0 Å². The third-order valence-corrected chi connectivity index (χ3v) is 4.62. The van der Waals surface area contributed by atoms with Crippen LogP contribution in [0.15, 0.2) is 53.1 Å². The number of aromatic nitrogens is 1. The van der Waals surface area contributed by atoms with Crippen molar-refractivity contribution in [2.45, 2.75) is 5.92 Å². The van der Waals surface area contributed by atoms with E-state index in [0.717, 1.165) is 22.0 Å². The van der Waals surface area contributed by atoms with Crippen LogP contribution in [0.1, 0.15) is 17.0 Å². The van der Waals surface area contributed by atoms with E-state index < -0.39 is 0 Å². The quantitative estimate of drug-likeness (QED) is 0.381. The minimum Gasteiger partial charge on any atom is -0.480 e. The summed E-state index contributed by atoms with van der Waals surface area (Å²) in [6.07, 6.45) is 7.05. The first kappa shape index (κ1) is 17.1. The Morgan fingerprint density at radius 1 is 1.32 bits per heavy atom. The van der Waals surface area contributed by atoms with Gasteiger partial charge in [-0.2, -0.15) is 0 Å². The van der Waals surface area contributed by atoms with E-state index >= 15 is 0 Å². The van der Waals surface area contributed by atoms with Crippen molar-refractivity contribution in [1.29, 1.82) is 0 Å². The number of fused-ring (bicyclic) bond motifs is 1. The Morgan fingerprint density at radius 2 is 2.12 bits per heavy atom. The summed E-state index contributed by atoms with van der Waals surface area (Å²) in [4.78, 5) is 14.1.